The lowest BCUT2D eigenvalue weighted by Crippen LogP contribution is -2.10. The number of benzene rings is 4. The summed E-state index contributed by atoms with van der Waals surface area (Å²) in [5, 5.41) is 7.00. The smallest absolute Gasteiger partial charge is 0.0899 e. The molecule has 0 amide bonds. The van der Waals surface area contributed by atoms with Crippen molar-refractivity contribution in [1.29, 1.82) is 0 Å². The molecule has 9 aromatic rings. The quantitative estimate of drug-likeness (QED) is 0.203. The predicted molar refractivity (Wildman–Crippen MR) is 203 cm³/mol. The molecule has 6 heteroatoms. The zero-order valence-corrected chi connectivity index (χ0v) is 27.0. The highest BCUT2D eigenvalue weighted by atomic mass is 15.0. The van der Waals surface area contributed by atoms with Gasteiger partial charge in [0.1, 0.15) is 0 Å². The Labute approximate surface area is 288 Å². The molecule has 0 aliphatic carbocycles. The number of nitrogens with one attached hydrogen (secondary N) is 1. The Bertz CT molecular complexity index is 2680. The third-order valence-electron chi connectivity index (χ3n) is 9.76. The molecule has 0 radical (unpaired) electrons. The van der Waals surface area contributed by atoms with Crippen molar-refractivity contribution >= 4 is 38.8 Å². The Hall–Kier alpha value is -6.79. The number of rotatable bonds is 5. The molecule has 10 rings (SSSR count). The lowest BCUT2D eigenvalue weighted by atomic mass is 10.0. The van der Waals surface area contributed by atoms with Gasteiger partial charge in [-0.25, -0.2) is 4.98 Å². The molecule has 0 saturated heterocycles. The Morgan fingerprint density at radius 1 is 0.520 bits per heavy atom. The number of hydrogen-bond acceptors (Lipinski definition) is 4. The van der Waals surface area contributed by atoms with Crippen LogP contribution in [0.1, 0.15) is 11.3 Å². The van der Waals surface area contributed by atoms with E-state index in [1.54, 1.807) is 0 Å². The van der Waals surface area contributed by atoms with Crippen molar-refractivity contribution in [2.45, 2.75) is 6.54 Å². The van der Waals surface area contributed by atoms with E-state index in [0.29, 0.717) is 0 Å². The van der Waals surface area contributed by atoms with Crippen molar-refractivity contribution in [3.8, 4) is 45.1 Å². The standard InChI is InChI=1S/C44H30N6/c1-3-10-41-34(7-1)36-27-45-23-20-43(36)49(41)32-16-12-29(13-17-32)31-25-39(48-40(26-31)38-9-5-6-22-47-38)30-14-18-33(19-15-30)50-42-11-4-2-8-35(42)37-28-46-24-21-44(37)50/h1-26,28,45H,27H2. The monoisotopic (exact) mass is 642 g/mol. The van der Waals surface area contributed by atoms with E-state index >= 15 is 0 Å². The predicted octanol–water partition coefficient (Wildman–Crippen LogP) is 9.99. The largest absolute Gasteiger partial charge is 0.387 e. The number of fused-ring (bicyclic) bond motifs is 6. The molecule has 5 aromatic heterocycles. The van der Waals surface area contributed by atoms with Gasteiger partial charge in [-0.2, -0.15) is 0 Å². The van der Waals surface area contributed by atoms with Gasteiger partial charge >= 0.3 is 0 Å². The lowest BCUT2D eigenvalue weighted by molar-refractivity contribution is 0.855. The summed E-state index contributed by atoms with van der Waals surface area (Å²) in [6.07, 6.45) is 9.84. The summed E-state index contributed by atoms with van der Waals surface area (Å²) in [6.45, 7) is 0.824. The fourth-order valence-corrected chi connectivity index (χ4v) is 7.43. The van der Waals surface area contributed by atoms with Gasteiger partial charge in [-0.05, 0) is 90.1 Å². The summed E-state index contributed by atoms with van der Waals surface area (Å²) in [5.41, 5.74) is 14.1. The van der Waals surface area contributed by atoms with E-state index in [0.717, 1.165) is 68.1 Å². The molecule has 0 fully saturated rings. The van der Waals surface area contributed by atoms with Gasteiger partial charge in [-0.3, -0.25) is 9.97 Å². The molecule has 50 heavy (non-hydrogen) atoms. The van der Waals surface area contributed by atoms with Gasteiger partial charge in [-0.1, -0.05) is 66.7 Å². The maximum Gasteiger partial charge on any atom is 0.0899 e. The van der Waals surface area contributed by atoms with Gasteiger partial charge in [0.15, 0.2) is 0 Å². The van der Waals surface area contributed by atoms with Crippen LogP contribution in [0.25, 0.3) is 83.9 Å². The normalized spacial score (nSPS) is 12.4. The third-order valence-corrected chi connectivity index (χ3v) is 9.76. The highest BCUT2D eigenvalue weighted by molar-refractivity contribution is 6.08. The van der Waals surface area contributed by atoms with E-state index in [2.05, 4.69) is 146 Å². The minimum atomic E-state index is 0.824. The van der Waals surface area contributed by atoms with Crippen LogP contribution in [0.15, 0.2) is 158 Å². The minimum Gasteiger partial charge on any atom is -0.387 e. The summed E-state index contributed by atoms with van der Waals surface area (Å²) in [6, 6.07) is 47.0. The summed E-state index contributed by atoms with van der Waals surface area (Å²) >= 11 is 0. The van der Waals surface area contributed by atoms with Crippen LogP contribution in [0.2, 0.25) is 0 Å². The fourth-order valence-electron chi connectivity index (χ4n) is 7.43. The van der Waals surface area contributed by atoms with Gasteiger partial charge in [0.2, 0.25) is 0 Å². The maximum absolute atomic E-state index is 5.14. The topological polar surface area (TPSA) is 60.6 Å². The first-order chi connectivity index (χ1) is 24.8. The molecule has 0 spiro atoms. The van der Waals surface area contributed by atoms with Gasteiger partial charge in [-0.15, -0.1) is 0 Å². The summed E-state index contributed by atoms with van der Waals surface area (Å²) in [5.74, 6) is 0. The molecular weight excluding hydrogens is 613 g/mol. The molecule has 1 N–H and O–H groups in total. The number of aromatic nitrogens is 5. The first kappa shape index (κ1) is 28.2. The number of pyridine rings is 3. The van der Waals surface area contributed by atoms with Crippen molar-refractivity contribution in [1.82, 2.24) is 29.4 Å². The Kier molecular flexibility index (Phi) is 6.45. The van der Waals surface area contributed by atoms with E-state index < -0.39 is 0 Å². The lowest BCUT2D eigenvalue weighted by Gasteiger charge is -2.14. The van der Waals surface area contributed by atoms with Crippen molar-refractivity contribution in [2.75, 3.05) is 0 Å². The van der Waals surface area contributed by atoms with Gasteiger partial charge < -0.3 is 14.5 Å². The van der Waals surface area contributed by atoms with E-state index in [4.69, 9.17) is 4.98 Å². The SMILES string of the molecule is C1=Cc2c(c3ccccc3n2-c2ccc(-c3cc(-c4ccc(-n5c6ccccc6c6cnccc65)cc4)nc(-c4ccccn4)c3)cc2)CN1. The second-order valence-electron chi connectivity index (χ2n) is 12.6. The average Bonchev–Trinajstić information content (AvgIpc) is 3.71. The van der Waals surface area contributed by atoms with Gasteiger partial charge in [0, 0.05) is 63.8 Å². The molecule has 0 bridgehead atoms. The zero-order valence-electron chi connectivity index (χ0n) is 27.0. The first-order valence-corrected chi connectivity index (χ1v) is 16.8. The number of hydrogen-bond donors (Lipinski definition) is 1. The molecule has 1 aliphatic heterocycles. The fraction of sp³-hybridized carbons (Fsp3) is 0.0227. The molecule has 0 saturated carbocycles. The van der Waals surface area contributed by atoms with Crippen LogP contribution in [-0.4, -0.2) is 24.1 Å². The summed E-state index contributed by atoms with van der Waals surface area (Å²) in [4.78, 5) is 14.2. The van der Waals surface area contributed by atoms with Crippen LogP contribution >= 0.6 is 0 Å². The van der Waals surface area contributed by atoms with Crippen LogP contribution in [0, 0.1) is 0 Å². The van der Waals surface area contributed by atoms with Crippen LogP contribution in [0.5, 0.6) is 0 Å². The van der Waals surface area contributed by atoms with E-state index in [-0.39, 0.29) is 0 Å². The van der Waals surface area contributed by atoms with Crippen LogP contribution < -0.4 is 5.32 Å². The average molecular weight is 643 g/mol. The maximum atomic E-state index is 5.14. The van der Waals surface area contributed by atoms with Crippen LogP contribution in [0.4, 0.5) is 0 Å². The molecule has 0 unspecified atom stereocenters. The Balaban J connectivity index is 1.07. The van der Waals surface area contributed by atoms with Crippen molar-refractivity contribution in [3.63, 3.8) is 0 Å². The van der Waals surface area contributed by atoms with Gasteiger partial charge in [0.05, 0.1) is 39.3 Å². The second-order valence-corrected chi connectivity index (χ2v) is 12.6. The van der Waals surface area contributed by atoms with Crippen molar-refractivity contribution < 1.29 is 0 Å². The highest BCUT2D eigenvalue weighted by Crippen LogP contribution is 2.36. The summed E-state index contributed by atoms with van der Waals surface area (Å²) in [7, 11) is 0. The Morgan fingerprint density at radius 2 is 1.20 bits per heavy atom. The Morgan fingerprint density at radius 3 is 2.00 bits per heavy atom. The third kappa shape index (κ3) is 4.54. The molecule has 1 aliphatic rings. The first-order valence-electron chi connectivity index (χ1n) is 16.8. The molecule has 4 aromatic carbocycles. The van der Waals surface area contributed by atoms with E-state index in [1.807, 2.05) is 43.0 Å². The van der Waals surface area contributed by atoms with Crippen LogP contribution in [0.3, 0.4) is 0 Å². The molecule has 6 nitrogen and oxygen atoms in total. The van der Waals surface area contributed by atoms with E-state index in [9.17, 15) is 0 Å². The van der Waals surface area contributed by atoms with Crippen molar-refractivity contribution in [2.24, 2.45) is 0 Å². The molecule has 236 valence electrons. The van der Waals surface area contributed by atoms with E-state index in [1.165, 1.54) is 27.5 Å². The minimum absolute atomic E-state index is 0.824. The van der Waals surface area contributed by atoms with Crippen molar-refractivity contribution in [3.05, 3.63) is 170 Å². The number of nitrogens with zero attached hydrogens (tertiary/aromatic N) is 5. The van der Waals surface area contributed by atoms with Crippen LogP contribution in [-0.2, 0) is 6.54 Å². The molecular formula is C44H30N6. The highest BCUT2D eigenvalue weighted by Gasteiger charge is 2.19. The number of para-hydroxylation sites is 2. The zero-order chi connectivity index (χ0) is 33.0. The molecule has 6 heterocycles. The summed E-state index contributed by atoms with van der Waals surface area (Å²) < 4.78 is 4.66. The molecule has 0 atom stereocenters. The van der Waals surface area contributed by atoms with Gasteiger partial charge in [0.25, 0.3) is 0 Å². The second kappa shape index (κ2) is 11.4.